The van der Waals surface area contributed by atoms with Crippen molar-refractivity contribution in [1.29, 1.82) is 0 Å². The van der Waals surface area contributed by atoms with Gasteiger partial charge in [-0.05, 0) is 31.0 Å². The van der Waals surface area contributed by atoms with E-state index in [1.807, 2.05) is 0 Å². The summed E-state index contributed by atoms with van der Waals surface area (Å²) in [5.74, 6) is -2.05. The predicted molar refractivity (Wildman–Crippen MR) is 77.8 cm³/mol. The Balaban J connectivity index is 2.09. The van der Waals surface area contributed by atoms with E-state index in [4.69, 9.17) is 11.6 Å². The summed E-state index contributed by atoms with van der Waals surface area (Å²) in [5.41, 5.74) is -1.05. The second kappa shape index (κ2) is 6.43. The SMILES string of the molecule is O=C(CC1(C(=O)O)CCCCC1)Nc1cc(Cl)ccc1F. The van der Waals surface area contributed by atoms with Crippen LogP contribution in [0.15, 0.2) is 18.2 Å². The van der Waals surface area contributed by atoms with E-state index in [0.29, 0.717) is 17.9 Å². The van der Waals surface area contributed by atoms with Gasteiger partial charge < -0.3 is 10.4 Å². The first-order chi connectivity index (χ1) is 9.93. The Morgan fingerprint density at radius 3 is 2.57 bits per heavy atom. The molecule has 2 rings (SSSR count). The van der Waals surface area contributed by atoms with Gasteiger partial charge in [-0.3, -0.25) is 9.59 Å². The van der Waals surface area contributed by atoms with Gasteiger partial charge in [0.05, 0.1) is 11.1 Å². The molecule has 0 aliphatic heterocycles. The molecule has 0 spiro atoms. The van der Waals surface area contributed by atoms with E-state index in [0.717, 1.165) is 25.3 Å². The lowest BCUT2D eigenvalue weighted by atomic mass is 9.71. The molecular formula is C15H17ClFNO3. The highest BCUT2D eigenvalue weighted by molar-refractivity contribution is 6.30. The van der Waals surface area contributed by atoms with Crippen LogP contribution in [-0.2, 0) is 9.59 Å². The molecule has 1 aromatic carbocycles. The Hall–Kier alpha value is -1.62. The predicted octanol–water partition coefficient (Wildman–Crippen LogP) is 3.84. The zero-order valence-electron chi connectivity index (χ0n) is 11.5. The number of hydrogen-bond donors (Lipinski definition) is 2. The van der Waals surface area contributed by atoms with Crippen LogP contribution >= 0.6 is 11.6 Å². The molecule has 1 saturated carbocycles. The van der Waals surface area contributed by atoms with Crippen LogP contribution in [0.25, 0.3) is 0 Å². The average molecular weight is 314 g/mol. The van der Waals surface area contributed by atoms with Gasteiger partial charge in [-0.1, -0.05) is 30.9 Å². The molecule has 21 heavy (non-hydrogen) atoms. The van der Waals surface area contributed by atoms with Crippen LogP contribution in [0.1, 0.15) is 38.5 Å². The van der Waals surface area contributed by atoms with Crippen molar-refractivity contribution >= 4 is 29.2 Å². The van der Waals surface area contributed by atoms with Gasteiger partial charge in [0.1, 0.15) is 5.82 Å². The first-order valence-electron chi connectivity index (χ1n) is 6.91. The average Bonchev–Trinajstić information content (AvgIpc) is 2.43. The van der Waals surface area contributed by atoms with E-state index in [-0.39, 0.29) is 12.1 Å². The van der Waals surface area contributed by atoms with Gasteiger partial charge in [0.25, 0.3) is 0 Å². The number of halogens is 2. The van der Waals surface area contributed by atoms with Crippen molar-refractivity contribution in [3.63, 3.8) is 0 Å². The summed E-state index contributed by atoms with van der Waals surface area (Å²) in [6.07, 6.45) is 3.39. The fourth-order valence-electron chi connectivity index (χ4n) is 2.79. The number of carbonyl (C=O) groups excluding carboxylic acids is 1. The monoisotopic (exact) mass is 313 g/mol. The molecule has 1 aromatic rings. The van der Waals surface area contributed by atoms with E-state index < -0.39 is 23.1 Å². The van der Waals surface area contributed by atoms with Gasteiger partial charge in [0.2, 0.25) is 5.91 Å². The van der Waals surface area contributed by atoms with E-state index in [9.17, 15) is 19.1 Å². The normalized spacial score (nSPS) is 17.2. The number of carboxylic acids is 1. The summed E-state index contributed by atoms with van der Waals surface area (Å²) in [6, 6.07) is 3.85. The van der Waals surface area contributed by atoms with Gasteiger partial charge in [0.15, 0.2) is 0 Å². The summed E-state index contributed by atoms with van der Waals surface area (Å²) in [4.78, 5) is 23.6. The lowest BCUT2D eigenvalue weighted by molar-refractivity contribution is -0.153. The van der Waals surface area contributed by atoms with Crippen molar-refractivity contribution in [3.05, 3.63) is 29.0 Å². The highest BCUT2D eigenvalue weighted by Gasteiger charge is 2.41. The number of aliphatic carboxylic acids is 1. The van der Waals surface area contributed by atoms with Crippen molar-refractivity contribution < 1.29 is 19.1 Å². The van der Waals surface area contributed by atoms with Crippen molar-refractivity contribution in [1.82, 2.24) is 0 Å². The molecule has 0 saturated heterocycles. The summed E-state index contributed by atoms with van der Waals surface area (Å²) < 4.78 is 13.6. The number of hydrogen-bond acceptors (Lipinski definition) is 2. The van der Waals surface area contributed by atoms with E-state index in [1.54, 1.807) is 0 Å². The minimum atomic E-state index is -1.03. The minimum absolute atomic E-state index is 0.0242. The van der Waals surface area contributed by atoms with Crippen molar-refractivity contribution in [2.45, 2.75) is 38.5 Å². The first kappa shape index (κ1) is 15.8. The number of carboxylic acid groups (broad SMARTS) is 1. The van der Waals surface area contributed by atoms with Crippen LogP contribution < -0.4 is 5.32 Å². The fourth-order valence-corrected chi connectivity index (χ4v) is 2.96. The molecule has 6 heteroatoms. The second-order valence-electron chi connectivity index (χ2n) is 5.50. The van der Waals surface area contributed by atoms with Gasteiger partial charge in [-0.15, -0.1) is 0 Å². The van der Waals surface area contributed by atoms with Crippen LogP contribution in [0.4, 0.5) is 10.1 Å². The molecule has 1 fully saturated rings. The molecule has 0 radical (unpaired) electrons. The number of nitrogens with one attached hydrogen (secondary N) is 1. The number of carbonyl (C=O) groups is 2. The molecule has 114 valence electrons. The minimum Gasteiger partial charge on any atom is -0.481 e. The van der Waals surface area contributed by atoms with E-state index >= 15 is 0 Å². The van der Waals surface area contributed by atoms with Crippen LogP contribution in [0.5, 0.6) is 0 Å². The molecular weight excluding hydrogens is 297 g/mol. The van der Waals surface area contributed by atoms with Crippen molar-refractivity contribution in [3.8, 4) is 0 Å². The van der Waals surface area contributed by atoms with Crippen molar-refractivity contribution in [2.75, 3.05) is 5.32 Å². The zero-order valence-corrected chi connectivity index (χ0v) is 12.3. The topological polar surface area (TPSA) is 66.4 Å². The lowest BCUT2D eigenvalue weighted by Gasteiger charge is -2.32. The lowest BCUT2D eigenvalue weighted by Crippen LogP contribution is -2.37. The molecule has 1 amide bonds. The largest absolute Gasteiger partial charge is 0.481 e. The third-order valence-corrected chi connectivity index (χ3v) is 4.20. The smallest absolute Gasteiger partial charge is 0.310 e. The van der Waals surface area contributed by atoms with Gasteiger partial charge in [0, 0.05) is 11.4 Å². The molecule has 1 aliphatic rings. The van der Waals surface area contributed by atoms with Crippen molar-refractivity contribution in [2.24, 2.45) is 5.41 Å². The second-order valence-corrected chi connectivity index (χ2v) is 5.93. The number of amides is 1. The summed E-state index contributed by atoms with van der Waals surface area (Å²) in [5, 5.41) is 12.1. The summed E-state index contributed by atoms with van der Waals surface area (Å²) >= 11 is 5.76. The first-order valence-corrected chi connectivity index (χ1v) is 7.29. The molecule has 1 aliphatic carbocycles. The maximum Gasteiger partial charge on any atom is 0.310 e. The Labute approximate surface area is 127 Å². The Morgan fingerprint density at radius 2 is 1.95 bits per heavy atom. The summed E-state index contributed by atoms with van der Waals surface area (Å²) in [7, 11) is 0. The molecule has 0 bridgehead atoms. The third kappa shape index (κ3) is 3.73. The van der Waals surface area contributed by atoms with Gasteiger partial charge in [-0.25, -0.2) is 4.39 Å². The van der Waals surface area contributed by atoms with Crippen LogP contribution in [0.2, 0.25) is 5.02 Å². The number of benzene rings is 1. The highest BCUT2D eigenvalue weighted by Crippen LogP contribution is 2.40. The standard InChI is InChI=1S/C15H17ClFNO3/c16-10-4-5-11(17)12(8-10)18-13(19)9-15(14(20)21)6-2-1-3-7-15/h4-5,8H,1-3,6-7,9H2,(H,18,19)(H,20,21). The number of anilines is 1. The number of rotatable bonds is 4. The molecule has 2 N–H and O–H groups in total. The van der Waals surface area contributed by atoms with Crippen LogP contribution in [-0.4, -0.2) is 17.0 Å². The Morgan fingerprint density at radius 1 is 1.29 bits per heavy atom. The maximum absolute atomic E-state index is 13.6. The highest BCUT2D eigenvalue weighted by atomic mass is 35.5. The zero-order chi connectivity index (χ0) is 15.5. The fraction of sp³-hybridized carbons (Fsp3) is 0.467. The molecule has 0 heterocycles. The molecule has 0 unspecified atom stereocenters. The maximum atomic E-state index is 13.6. The van der Waals surface area contributed by atoms with E-state index in [1.165, 1.54) is 12.1 Å². The Kier molecular flexibility index (Phi) is 4.83. The molecule has 4 nitrogen and oxygen atoms in total. The molecule has 0 aromatic heterocycles. The quantitative estimate of drug-likeness (QED) is 0.887. The van der Waals surface area contributed by atoms with Crippen LogP contribution in [0, 0.1) is 11.2 Å². The third-order valence-electron chi connectivity index (χ3n) is 3.97. The van der Waals surface area contributed by atoms with E-state index in [2.05, 4.69) is 5.32 Å². The van der Waals surface area contributed by atoms with Gasteiger partial charge >= 0.3 is 5.97 Å². The molecule has 0 atom stereocenters. The van der Waals surface area contributed by atoms with Gasteiger partial charge in [-0.2, -0.15) is 0 Å². The van der Waals surface area contributed by atoms with Crippen LogP contribution in [0.3, 0.4) is 0 Å². The Bertz CT molecular complexity index is 556. The summed E-state index contributed by atoms with van der Waals surface area (Å²) in [6.45, 7) is 0.